The highest BCUT2D eigenvalue weighted by atomic mass is 31.2. The molecule has 0 aromatic carbocycles. The molecule has 0 bridgehead atoms. The van der Waals surface area contributed by atoms with Crippen LogP contribution in [0.1, 0.15) is 20.8 Å². The number of carbonyl (C=O) groups is 1. The van der Waals surface area contributed by atoms with Crippen LogP contribution in [0.15, 0.2) is 0 Å². The van der Waals surface area contributed by atoms with Crippen molar-refractivity contribution in [2.24, 2.45) is 0 Å². The maximum absolute atomic E-state index is 11.7. The number of carbonyl (C=O) groups excluding carboxylic acids is 1. The molecule has 72 valence electrons. The molecule has 0 amide bonds. The Morgan fingerprint density at radius 2 is 1.67 bits per heavy atom. The minimum atomic E-state index is -3.16. The van der Waals surface area contributed by atoms with Gasteiger partial charge < -0.3 is 14.8 Å². The smallest absolute Gasteiger partial charge is 0.148 e. The molecule has 0 heterocycles. The summed E-state index contributed by atoms with van der Waals surface area (Å²) in [4.78, 5) is 10.7. The van der Waals surface area contributed by atoms with Crippen LogP contribution in [0.2, 0.25) is 0 Å². The summed E-state index contributed by atoms with van der Waals surface area (Å²) in [5.74, 6) is -2.53. The summed E-state index contributed by atoms with van der Waals surface area (Å²) in [7, 11) is -3.16. The second kappa shape index (κ2) is 4.17. The van der Waals surface area contributed by atoms with Gasteiger partial charge in [0.1, 0.15) is 24.6 Å². The number of hydrogen-bond donors (Lipinski definition) is 2. The fourth-order valence-electron chi connectivity index (χ4n) is 0.924. The van der Waals surface area contributed by atoms with Crippen LogP contribution in [0.4, 0.5) is 0 Å². The highest BCUT2D eigenvalue weighted by Crippen LogP contribution is 2.52. The highest BCUT2D eigenvalue weighted by Gasteiger charge is 2.34. The summed E-state index contributed by atoms with van der Waals surface area (Å²) in [5.41, 5.74) is 0. The lowest BCUT2D eigenvalue weighted by Crippen LogP contribution is -2.18. The van der Waals surface area contributed by atoms with E-state index >= 15 is 0 Å². The van der Waals surface area contributed by atoms with Gasteiger partial charge in [0.25, 0.3) is 0 Å². The van der Waals surface area contributed by atoms with Gasteiger partial charge in [0.2, 0.25) is 0 Å². The molecule has 0 aliphatic rings. The van der Waals surface area contributed by atoms with Crippen molar-refractivity contribution in [2.45, 2.75) is 32.5 Å². The molecule has 0 fully saturated rings. The minimum Gasteiger partial charge on any atom is -0.386 e. The molecule has 0 aliphatic carbocycles. The van der Waals surface area contributed by atoms with Gasteiger partial charge in [0.15, 0.2) is 0 Å². The summed E-state index contributed by atoms with van der Waals surface area (Å²) in [5, 5.41) is 18.2. The van der Waals surface area contributed by atoms with Crippen LogP contribution in [-0.2, 0) is 9.36 Å². The molecule has 0 radical (unpaired) electrons. The van der Waals surface area contributed by atoms with Crippen LogP contribution in [-0.4, -0.2) is 33.8 Å². The molecule has 4 nitrogen and oxygen atoms in total. The van der Waals surface area contributed by atoms with Gasteiger partial charge in [-0.15, -0.1) is 0 Å². The molecule has 0 aromatic heterocycles. The third kappa shape index (κ3) is 2.70. The normalized spacial score (nSPS) is 21.1. The standard InChI is InChI=1S/C7H15O4P/c1-5(8)4-12(11,6(2)9)7(3)10/h6-7,9-10H,4H2,1-3H3. The number of aliphatic hydroxyl groups is 2. The Bertz CT molecular complexity index is 197. The molecule has 0 spiro atoms. The van der Waals surface area contributed by atoms with Gasteiger partial charge >= 0.3 is 0 Å². The molecule has 0 saturated carbocycles. The molecule has 0 aromatic rings. The first-order valence-electron chi connectivity index (χ1n) is 3.74. The Morgan fingerprint density at radius 3 is 1.75 bits per heavy atom. The van der Waals surface area contributed by atoms with Crippen molar-refractivity contribution in [1.29, 1.82) is 0 Å². The lowest BCUT2D eigenvalue weighted by Gasteiger charge is -2.22. The molecule has 0 aliphatic heterocycles. The number of Topliss-reactive ketones (excluding diaryl/α,β-unsaturated/α-hetero) is 1. The van der Waals surface area contributed by atoms with Gasteiger partial charge in [-0.3, -0.25) is 4.79 Å². The van der Waals surface area contributed by atoms with Crippen molar-refractivity contribution < 1.29 is 19.6 Å². The maximum atomic E-state index is 11.7. The molecule has 5 heteroatoms. The van der Waals surface area contributed by atoms with E-state index in [1.165, 1.54) is 20.8 Å². The second-order valence-electron chi connectivity index (χ2n) is 2.98. The third-order valence-corrected chi connectivity index (χ3v) is 5.20. The van der Waals surface area contributed by atoms with Crippen molar-refractivity contribution >= 4 is 12.9 Å². The largest absolute Gasteiger partial charge is 0.386 e. The van der Waals surface area contributed by atoms with Gasteiger partial charge in [0, 0.05) is 0 Å². The van der Waals surface area contributed by atoms with Crippen molar-refractivity contribution in [2.75, 3.05) is 6.16 Å². The number of aliphatic hydroxyl groups excluding tert-OH is 2. The average molecular weight is 194 g/mol. The predicted octanol–water partition coefficient (Wildman–Crippen LogP) is 0.615. The number of hydrogen-bond acceptors (Lipinski definition) is 4. The Morgan fingerprint density at radius 1 is 1.33 bits per heavy atom. The predicted molar refractivity (Wildman–Crippen MR) is 46.5 cm³/mol. The van der Waals surface area contributed by atoms with Crippen LogP contribution in [0.25, 0.3) is 0 Å². The summed E-state index contributed by atoms with van der Waals surface area (Å²) in [6.07, 6.45) is -0.234. The lowest BCUT2D eigenvalue weighted by atomic mass is 10.5. The topological polar surface area (TPSA) is 74.6 Å². The average Bonchev–Trinajstić information content (AvgIpc) is 1.84. The zero-order valence-corrected chi connectivity index (χ0v) is 8.41. The SMILES string of the molecule is CC(=O)CP(=O)(C(C)O)C(C)O. The van der Waals surface area contributed by atoms with Gasteiger partial charge in [0.05, 0.1) is 6.16 Å². The van der Waals surface area contributed by atoms with E-state index in [4.69, 9.17) is 10.2 Å². The first-order valence-corrected chi connectivity index (χ1v) is 5.77. The molecule has 12 heavy (non-hydrogen) atoms. The maximum Gasteiger partial charge on any atom is 0.148 e. The quantitative estimate of drug-likeness (QED) is 0.643. The molecule has 0 rings (SSSR count). The zero-order chi connectivity index (χ0) is 9.94. The molecule has 2 atom stereocenters. The monoisotopic (exact) mass is 194 g/mol. The van der Waals surface area contributed by atoms with E-state index in [1.807, 2.05) is 0 Å². The summed E-state index contributed by atoms with van der Waals surface area (Å²) < 4.78 is 11.7. The van der Waals surface area contributed by atoms with Crippen LogP contribution >= 0.6 is 7.14 Å². The Hall–Kier alpha value is -0.180. The van der Waals surface area contributed by atoms with E-state index in [2.05, 4.69) is 0 Å². The van der Waals surface area contributed by atoms with E-state index in [0.717, 1.165) is 0 Å². The van der Waals surface area contributed by atoms with Crippen molar-refractivity contribution in [3.05, 3.63) is 0 Å². The molecular weight excluding hydrogens is 179 g/mol. The summed E-state index contributed by atoms with van der Waals surface area (Å²) >= 11 is 0. The van der Waals surface area contributed by atoms with Gasteiger partial charge in [-0.2, -0.15) is 0 Å². The van der Waals surface area contributed by atoms with Gasteiger partial charge in [-0.1, -0.05) is 0 Å². The van der Waals surface area contributed by atoms with E-state index < -0.39 is 18.8 Å². The van der Waals surface area contributed by atoms with E-state index in [-0.39, 0.29) is 11.9 Å². The first kappa shape index (κ1) is 11.8. The second-order valence-corrected chi connectivity index (χ2v) is 6.50. The summed E-state index contributed by atoms with van der Waals surface area (Å²) in [6.45, 7) is 3.95. The van der Waals surface area contributed by atoms with E-state index in [9.17, 15) is 9.36 Å². The first-order chi connectivity index (χ1) is 5.30. The Balaban J connectivity index is 4.64. The molecule has 0 saturated heterocycles. The van der Waals surface area contributed by atoms with E-state index in [0.29, 0.717) is 0 Å². The molecule has 2 unspecified atom stereocenters. The van der Waals surface area contributed by atoms with Crippen LogP contribution in [0, 0.1) is 0 Å². The zero-order valence-electron chi connectivity index (χ0n) is 7.52. The minimum absolute atomic E-state index is 0.234. The Kier molecular flexibility index (Phi) is 4.11. The van der Waals surface area contributed by atoms with Crippen LogP contribution in [0.3, 0.4) is 0 Å². The van der Waals surface area contributed by atoms with Crippen molar-refractivity contribution in [3.8, 4) is 0 Å². The highest BCUT2D eigenvalue weighted by molar-refractivity contribution is 7.65. The molecule has 2 N–H and O–H groups in total. The summed E-state index contributed by atoms with van der Waals surface area (Å²) in [6, 6.07) is 0. The van der Waals surface area contributed by atoms with Gasteiger partial charge in [-0.25, -0.2) is 0 Å². The lowest BCUT2D eigenvalue weighted by molar-refractivity contribution is -0.114. The fraction of sp³-hybridized carbons (Fsp3) is 0.857. The van der Waals surface area contributed by atoms with Crippen molar-refractivity contribution in [1.82, 2.24) is 0 Å². The Labute approximate surface area is 72.0 Å². The molecular formula is C7H15O4P. The third-order valence-electron chi connectivity index (χ3n) is 1.73. The number of rotatable bonds is 4. The fourth-order valence-corrected chi connectivity index (χ4v) is 2.77. The van der Waals surface area contributed by atoms with Gasteiger partial charge in [-0.05, 0) is 20.8 Å². The van der Waals surface area contributed by atoms with E-state index in [1.54, 1.807) is 0 Å². The van der Waals surface area contributed by atoms with Crippen LogP contribution in [0.5, 0.6) is 0 Å². The van der Waals surface area contributed by atoms with Crippen LogP contribution < -0.4 is 0 Å². The number of ketones is 1. The van der Waals surface area contributed by atoms with Crippen molar-refractivity contribution in [3.63, 3.8) is 0 Å².